The molecule has 19 nitrogen and oxygen atoms in total. The van der Waals surface area contributed by atoms with Crippen molar-refractivity contribution in [3.05, 3.63) is 73.1 Å². The second-order valence-corrected chi connectivity index (χ2v) is 13.6. The largest absolute Gasteiger partial charge is 1.00 e. The smallest absolute Gasteiger partial charge is 0.756 e. The Balaban J connectivity index is 0.00000961. The van der Waals surface area contributed by atoms with E-state index in [0.29, 0.717) is 45.3 Å². The number of ketones is 1. The number of Topliss-reactive ketones (excluding diaryl/α,β-unsaturated/α-hetero) is 1. The van der Waals surface area contributed by atoms with E-state index in [1.54, 1.807) is 12.4 Å². The molecule has 0 saturated carbocycles. The van der Waals surface area contributed by atoms with Crippen molar-refractivity contribution in [1.82, 2.24) is 20.3 Å². The first-order valence-electron chi connectivity index (χ1n) is 18.5. The molecule has 0 aliphatic rings. The van der Waals surface area contributed by atoms with Gasteiger partial charge in [-0.2, -0.15) is 0 Å². The van der Waals surface area contributed by atoms with Crippen LogP contribution in [0.25, 0.3) is 33.4 Å². The number of aromatic nitrogens is 3. The summed E-state index contributed by atoms with van der Waals surface area (Å²) in [6.45, 7) is -0.0741. The number of nitrogens with zero attached hydrogens (tertiary/aromatic N) is 3. The quantitative estimate of drug-likeness (QED) is 0.0281. The first-order chi connectivity index (χ1) is 28.8. The second-order valence-electron chi connectivity index (χ2n) is 12.2. The Morgan fingerprint density at radius 2 is 1.45 bits per heavy atom. The van der Waals surface area contributed by atoms with Crippen LogP contribution in [0.15, 0.2) is 73.1 Å². The molecule has 2 heterocycles. The fourth-order valence-electron chi connectivity index (χ4n) is 5.04. The van der Waals surface area contributed by atoms with Crippen molar-refractivity contribution in [3.63, 3.8) is 0 Å². The van der Waals surface area contributed by atoms with Crippen molar-refractivity contribution < 1.29 is 100 Å². The molecule has 2 unspecified atom stereocenters. The second kappa shape index (κ2) is 29.1. The molecule has 0 aliphatic carbocycles. The summed E-state index contributed by atoms with van der Waals surface area (Å²) in [5, 5.41) is 2.39. The Hall–Kier alpha value is -4.24. The topological polar surface area (TPSA) is 242 Å². The third-order valence-electron chi connectivity index (χ3n) is 7.85. The van der Waals surface area contributed by atoms with Crippen LogP contribution in [-0.4, -0.2) is 132 Å². The molecule has 1 amide bonds. The first kappa shape index (κ1) is 50.1. The van der Waals surface area contributed by atoms with Crippen LogP contribution in [0.3, 0.4) is 0 Å². The van der Waals surface area contributed by atoms with Crippen LogP contribution in [0, 0.1) is 0 Å². The van der Waals surface area contributed by atoms with Crippen molar-refractivity contribution in [3.8, 4) is 28.3 Å². The third-order valence-corrected chi connectivity index (χ3v) is 8.82. The zero-order valence-electron chi connectivity index (χ0n) is 33.2. The summed E-state index contributed by atoms with van der Waals surface area (Å²) >= 11 is 0. The van der Waals surface area contributed by atoms with Crippen LogP contribution in [0.2, 0.25) is 0 Å². The number of rotatable bonds is 32. The maximum absolute atomic E-state index is 12.1. The summed E-state index contributed by atoms with van der Waals surface area (Å²) in [6, 6.07) is 19.6. The van der Waals surface area contributed by atoms with Crippen LogP contribution in [0.4, 0.5) is 0 Å². The predicted octanol–water partition coefficient (Wildman–Crippen LogP) is -0.510. The first-order valence-corrected chi connectivity index (χ1v) is 20.0. The number of pyridine rings is 1. The minimum Gasteiger partial charge on any atom is -0.756 e. The van der Waals surface area contributed by atoms with Crippen molar-refractivity contribution >= 4 is 43.5 Å². The van der Waals surface area contributed by atoms with Gasteiger partial charge in [-0.05, 0) is 36.2 Å². The van der Waals surface area contributed by atoms with Gasteiger partial charge in [0.15, 0.2) is 11.9 Å². The number of phosphoric ester groups is 1. The zero-order chi connectivity index (χ0) is 42.0. The summed E-state index contributed by atoms with van der Waals surface area (Å²) in [6.07, 6.45) is 3.09. The molecule has 0 fully saturated rings. The van der Waals surface area contributed by atoms with Gasteiger partial charge in [0.2, 0.25) is 11.8 Å². The maximum atomic E-state index is 12.1. The molecule has 4 aromatic rings. The van der Waals surface area contributed by atoms with E-state index in [1.165, 1.54) is 0 Å². The summed E-state index contributed by atoms with van der Waals surface area (Å²) in [4.78, 5) is 70.0. The molecule has 0 saturated heterocycles. The average molecular weight is 865 g/mol. The van der Waals surface area contributed by atoms with E-state index in [1.807, 2.05) is 60.7 Å². The van der Waals surface area contributed by atoms with Crippen LogP contribution in [0.5, 0.6) is 5.88 Å². The average Bonchev–Trinajstić information content (AvgIpc) is 3.25. The Morgan fingerprint density at radius 1 is 0.750 bits per heavy atom. The molecule has 4 rings (SSSR count). The summed E-state index contributed by atoms with van der Waals surface area (Å²) < 4.78 is 57.4. The molecular weight excluding hydrogens is 818 g/mol. The SMILES string of the molecule is O=COCC(COP(=O)([O-])OCCNC(=O)COCCOCC(=O)CCCOCCOCCOc1ncccc1-c1ccc(-c2cnc3ccccc3n2)cc1)OC=O.[Na+]. The van der Waals surface area contributed by atoms with Crippen molar-refractivity contribution in [2.24, 2.45) is 0 Å². The van der Waals surface area contributed by atoms with Gasteiger partial charge < -0.3 is 52.4 Å². The summed E-state index contributed by atoms with van der Waals surface area (Å²) in [5.74, 6) is -0.146. The molecule has 318 valence electrons. The van der Waals surface area contributed by atoms with E-state index < -0.39 is 39.7 Å². The monoisotopic (exact) mass is 864 g/mol. The number of para-hydroxylation sites is 2. The van der Waals surface area contributed by atoms with E-state index >= 15 is 0 Å². The Bertz CT molecular complexity index is 1950. The Kier molecular flexibility index (Phi) is 24.3. The van der Waals surface area contributed by atoms with Crippen LogP contribution in [-0.2, 0) is 61.2 Å². The Morgan fingerprint density at radius 3 is 2.22 bits per heavy atom. The molecule has 2 aromatic carbocycles. The van der Waals surface area contributed by atoms with Gasteiger partial charge in [0.25, 0.3) is 20.8 Å². The fraction of sp³-hybridized carbons (Fsp3) is 0.410. The zero-order valence-corrected chi connectivity index (χ0v) is 36.1. The van der Waals surface area contributed by atoms with Crippen LogP contribution in [0.1, 0.15) is 12.8 Å². The van der Waals surface area contributed by atoms with Gasteiger partial charge in [0.1, 0.15) is 26.4 Å². The van der Waals surface area contributed by atoms with Crippen LogP contribution < -0.4 is 44.5 Å². The van der Waals surface area contributed by atoms with Crippen molar-refractivity contribution in [2.75, 3.05) is 85.8 Å². The molecule has 2 aromatic heterocycles. The van der Waals surface area contributed by atoms with Gasteiger partial charge >= 0.3 is 29.6 Å². The summed E-state index contributed by atoms with van der Waals surface area (Å²) in [5.41, 5.74) is 5.24. The third kappa shape index (κ3) is 19.4. The minimum absolute atomic E-state index is 0. The van der Waals surface area contributed by atoms with Crippen LogP contribution >= 0.6 is 7.82 Å². The number of carbonyl (C=O) groups excluding carboxylic acids is 4. The number of amides is 1. The van der Waals surface area contributed by atoms with E-state index in [-0.39, 0.29) is 87.7 Å². The number of phosphoric acid groups is 1. The molecular formula is C39H46N4NaO15P. The van der Waals surface area contributed by atoms with E-state index in [4.69, 9.17) is 28.7 Å². The molecule has 0 radical (unpaired) electrons. The molecule has 0 spiro atoms. The standard InChI is InChI=1S/C39H47N4O15P.Na/c44-28-54-25-33(56-29-45)26-58-59(48,49)57-16-14-40-38(47)27-53-20-19-52-24-32(46)5-4-15-50-17-18-51-21-22-55-39-34(6-3-13-41-39)30-9-11-31(12-10-30)37-23-42-35-7-1-2-8-36(35)43-37;/h1-3,6-13,23,28-29,33H,4-5,14-22,24-27H2,(H,40,47)(H,48,49);/q;+1/p-1. The number of nitrogens with one attached hydrogen (secondary N) is 1. The van der Waals surface area contributed by atoms with E-state index in [0.717, 1.165) is 33.4 Å². The molecule has 2 atom stereocenters. The van der Waals surface area contributed by atoms with Gasteiger partial charge in [-0.1, -0.05) is 36.4 Å². The van der Waals surface area contributed by atoms with Gasteiger partial charge in [-0.25, -0.2) is 9.97 Å². The Labute approximate surface area is 368 Å². The minimum atomic E-state index is -4.78. The van der Waals surface area contributed by atoms with Crippen molar-refractivity contribution in [1.29, 1.82) is 0 Å². The number of hydrogen-bond acceptors (Lipinski definition) is 18. The number of benzene rings is 2. The number of fused-ring (bicyclic) bond motifs is 1. The van der Waals surface area contributed by atoms with Crippen molar-refractivity contribution in [2.45, 2.75) is 18.9 Å². The fourth-order valence-corrected chi connectivity index (χ4v) is 5.77. The molecule has 0 bridgehead atoms. The molecule has 1 N–H and O–H groups in total. The predicted molar refractivity (Wildman–Crippen MR) is 207 cm³/mol. The molecule has 0 aliphatic heterocycles. The summed E-state index contributed by atoms with van der Waals surface area (Å²) in [7, 11) is -4.78. The molecule has 21 heteroatoms. The van der Waals surface area contributed by atoms with E-state index in [9.17, 15) is 28.6 Å². The van der Waals surface area contributed by atoms with E-state index in [2.05, 4.69) is 33.8 Å². The number of ether oxygens (including phenoxy) is 7. The number of carbonyl (C=O) groups is 4. The van der Waals surface area contributed by atoms with Gasteiger partial charge in [0, 0.05) is 36.9 Å². The van der Waals surface area contributed by atoms with Gasteiger partial charge in [-0.15, -0.1) is 0 Å². The maximum Gasteiger partial charge on any atom is 1.00 e. The number of hydrogen-bond donors (Lipinski definition) is 1. The molecule has 60 heavy (non-hydrogen) atoms. The van der Waals surface area contributed by atoms with Gasteiger partial charge in [-0.3, -0.25) is 28.7 Å². The van der Waals surface area contributed by atoms with Gasteiger partial charge in [0.05, 0.1) is 69.2 Å². The normalized spacial score (nSPS) is 12.4.